The van der Waals surface area contributed by atoms with E-state index in [2.05, 4.69) is 20.3 Å². The Hall–Kier alpha value is -3.10. The lowest BCUT2D eigenvalue weighted by Gasteiger charge is -2.22. The highest BCUT2D eigenvalue weighted by atomic mass is 32.1. The lowest BCUT2D eigenvalue weighted by molar-refractivity contribution is 0.0595. The molecule has 0 aliphatic carbocycles. The molecule has 3 aromatic heterocycles. The molecule has 1 N–H and O–H groups in total. The lowest BCUT2D eigenvalue weighted by atomic mass is 10.0. The molecule has 0 bridgehead atoms. The highest BCUT2D eigenvalue weighted by Gasteiger charge is 2.23. The fraction of sp³-hybridized carbons (Fsp3) is 0.360. The summed E-state index contributed by atoms with van der Waals surface area (Å²) in [6.07, 6.45) is 5.62. The SMILES string of the molecule is Cc1c(C(=O)N(C)Cc2ccnc3ccccc23)sc2ncnc(NCC3CCCOC3)c12. The number of benzene rings is 1. The third-order valence-corrected chi connectivity index (χ3v) is 7.42. The summed E-state index contributed by atoms with van der Waals surface area (Å²) >= 11 is 1.43. The number of amides is 1. The van der Waals surface area contributed by atoms with Crippen LogP contribution in [0.4, 0.5) is 5.82 Å². The monoisotopic (exact) mass is 461 g/mol. The molecule has 0 spiro atoms. The Bertz CT molecular complexity index is 1290. The number of hydrogen-bond donors (Lipinski definition) is 1. The average molecular weight is 462 g/mol. The first-order chi connectivity index (χ1) is 16.1. The normalized spacial score (nSPS) is 16.2. The molecule has 1 amide bonds. The van der Waals surface area contributed by atoms with E-state index in [0.29, 0.717) is 17.3 Å². The molecule has 4 heterocycles. The van der Waals surface area contributed by atoms with Gasteiger partial charge in [-0.15, -0.1) is 11.3 Å². The van der Waals surface area contributed by atoms with Crippen molar-refractivity contribution in [3.8, 4) is 0 Å². The van der Waals surface area contributed by atoms with Gasteiger partial charge in [0, 0.05) is 38.3 Å². The Morgan fingerprint density at radius 2 is 2.12 bits per heavy atom. The largest absolute Gasteiger partial charge is 0.381 e. The van der Waals surface area contributed by atoms with E-state index in [4.69, 9.17) is 4.74 Å². The number of para-hydroxylation sites is 1. The van der Waals surface area contributed by atoms with Gasteiger partial charge in [0.05, 0.1) is 22.4 Å². The van der Waals surface area contributed by atoms with Crippen molar-refractivity contribution in [2.24, 2.45) is 5.92 Å². The minimum Gasteiger partial charge on any atom is -0.381 e. The van der Waals surface area contributed by atoms with E-state index in [-0.39, 0.29) is 5.91 Å². The van der Waals surface area contributed by atoms with Gasteiger partial charge in [0.2, 0.25) is 0 Å². The van der Waals surface area contributed by atoms with Crippen LogP contribution in [0.2, 0.25) is 0 Å². The van der Waals surface area contributed by atoms with E-state index < -0.39 is 0 Å². The standard InChI is InChI=1S/C25H27N5O2S/c1-16-21-23(27-12-17-6-5-11-32-14-17)28-15-29-24(21)33-22(16)25(31)30(2)13-18-9-10-26-20-8-4-3-7-19(18)20/h3-4,7-10,15,17H,5-6,11-14H2,1-2H3,(H,27,28,29). The van der Waals surface area contributed by atoms with Gasteiger partial charge in [-0.25, -0.2) is 9.97 Å². The molecule has 8 heteroatoms. The van der Waals surface area contributed by atoms with Crippen LogP contribution in [-0.2, 0) is 11.3 Å². The van der Waals surface area contributed by atoms with E-state index in [9.17, 15) is 4.79 Å². The summed E-state index contributed by atoms with van der Waals surface area (Å²) in [5.74, 6) is 1.26. The van der Waals surface area contributed by atoms with Gasteiger partial charge in [-0.3, -0.25) is 9.78 Å². The molecule has 0 saturated carbocycles. The number of nitrogens with one attached hydrogen (secondary N) is 1. The molecule has 1 aromatic carbocycles. The Kier molecular flexibility index (Phi) is 6.20. The molecule has 1 unspecified atom stereocenters. The second kappa shape index (κ2) is 9.41. The van der Waals surface area contributed by atoms with Crippen LogP contribution in [0.3, 0.4) is 0 Å². The number of aromatic nitrogens is 3. The second-order valence-electron chi connectivity index (χ2n) is 8.57. The van der Waals surface area contributed by atoms with E-state index in [0.717, 1.165) is 70.7 Å². The summed E-state index contributed by atoms with van der Waals surface area (Å²) in [6.45, 7) is 4.93. The van der Waals surface area contributed by atoms with Crippen LogP contribution in [0, 0.1) is 12.8 Å². The van der Waals surface area contributed by atoms with Crippen molar-refractivity contribution in [1.29, 1.82) is 0 Å². The third-order valence-electron chi connectivity index (χ3n) is 6.23. The van der Waals surface area contributed by atoms with E-state index in [1.807, 2.05) is 44.3 Å². The van der Waals surface area contributed by atoms with Crippen LogP contribution in [0.5, 0.6) is 0 Å². The zero-order chi connectivity index (χ0) is 22.8. The van der Waals surface area contributed by atoms with E-state index in [1.54, 1.807) is 17.4 Å². The van der Waals surface area contributed by atoms with Gasteiger partial charge in [-0.05, 0) is 48.9 Å². The minimum absolute atomic E-state index is 0.0111. The maximum absolute atomic E-state index is 13.4. The molecule has 7 nitrogen and oxygen atoms in total. The Labute approximate surface area is 196 Å². The van der Waals surface area contributed by atoms with Crippen molar-refractivity contribution in [2.75, 3.05) is 32.1 Å². The summed E-state index contributed by atoms with van der Waals surface area (Å²) in [5, 5.41) is 5.49. The third kappa shape index (κ3) is 4.41. The molecular weight excluding hydrogens is 434 g/mol. The van der Waals surface area contributed by atoms with Crippen molar-refractivity contribution in [1.82, 2.24) is 19.9 Å². The smallest absolute Gasteiger partial charge is 0.264 e. The summed E-state index contributed by atoms with van der Waals surface area (Å²) in [5.41, 5.74) is 2.93. The maximum Gasteiger partial charge on any atom is 0.264 e. The van der Waals surface area contributed by atoms with Crippen LogP contribution in [0.1, 0.15) is 33.6 Å². The van der Waals surface area contributed by atoms with Gasteiger partial charge in [-0.2, -0.15) is 0 Å². The average Bonchev–Trinajstić information content (AvgIpc) is 3.20. The lowest BCUT2D eigenvalue weighted by Crippen LogP contribution is -2.26. The number of carbonyl (C=O) groups is 1. The maximum atomic E-state index is 13.4. The van der Waals surface area contributed by atoms with Crippen LogP contribution >= 0.6 is 11.3 Å². The summed E-state index contributed by atoms with van der Waals surface area (Å²) in [4.78, 5) is 30.1. The number of hydrogen-bond acceptors (Lipinski definition) is 7. The van der Waals surface area contributed by atoms with Crippen molar-refractivity contribution >= 4 is 44.2 Å². The molecule has 1 atom stereocenters. The van der Waals surface area contributed by atoms with Crippen LogP contribution in [0.25, 0.3) is 21.1 Å². The minimum atomic E-state index is -0.0111. The topological polar surface area (TPSA) is 80.2 Å². The van der Waals surface area contributed by atoms with Crippen molar-refractivity contribution in [2.45, 2.75) is 26.3 Å². The zero-order valence-electron chi connectivity index (χ0n) is 18.9. The van der Waals surface area contributed by atoms with Crippen molar-refractivity contribution in [3.05, 3.63) is 58.9 Å². The first-order valence-electron chi connectivity index (χ1n) is 11.3. The van der Waals surface area contributed by atoms with Crippen LogP contribution in [-0.4, -0.2) is 52.6 Å². The fourth-order valence-electron chi connectivity index (χ4n) is 4.41. The van der Waals surface area contributed by atoms with E-state index in [1.165, 1.54) is 11.3 Å². The quantitative estimate of drug-likeness (QED) is 0.450. The predicted molar refractivity (Wildman–Crippen MR) is 132 cm³/mol. The number of carbonyl (C=O) groups excluding carboxylic acids is 1. The highest BCUT2D eigenvalue weighted by molar-refractivity contribution is 7.20. The Morgan fingerprint density at radius 3 is 2.97 bits per heavy atom. The summed E-state index contributed by atoms with van der Waals surface area (Å²) in [6, 6.07) is 9.99. The van der Waals surface area contributed by atoms with Crippen LogP contribution in [0.15, 0.2) is 42.9 Å². The molecule has 33 heavy (non-hydrogen) atoms. The molecule has 4 aromatic rings. The summed E-state index contributed by atoms with van der Waals surface area (Å²) in [7, 11) is 1.84. The molecule has 5 rings (SSSR count). The first kappa shape index (κ1) is 21.7. The van der Waals surface area contributed by atoms with Gasteiger partial charge in [0.15, 0.2) is 0 Å². The molecule has 1 fully saturated rings. The number of ether oxygens (including phenoxy) is 1. The number of nitrogens with zero attached hydrogens (tertiary/aromatic N) is 4. The van der Waals surface area contributed by atoms with Crippen LogP contribution < -0.4 is 5.32 Å². The summed E-state index contributed by atoms with van der Waals surface area (Å²) < 4.78 is 5.59. The number of thiophene rings is 1. The number of fused-ring (bicyclic) bond motifs is 2. The molecular formula is C25H27N5O2S. The van der Waals surface area contributed by atoms with Gasteiger partial charge >= 0.3 is 0 Å². The number of rotatable bonds is 6. The molecule has 1 aliphatic heterocycles. The van der Waals surface area contributed by atoms with Gasteiger partial charge in [0.25, 0.3) is 5.91 Å². The molecule has 170 valence electrons. The Morgan fingerprint density at radius 1 is 1.24 bits per heavy atom. The first-order valence-corrected chi connectivity index (χ1v) is 12.1. The number of aryl methyl sites for hydroxylation is 1. The molecule has 1 aliphatic rings. The number of pyridine rings is 1. The number of anilines is 1. The predicted octanol–water partition coefficient (Wildman–Crippen LogP) is 4.66. The second-order valence-corrected chi connectivity index (χ2v) is 9.57. The van der Waals surface area contributed by atoms with E-state index >= 15 is 0 Å². The zero-order valence-corrected chi connectivity index (χ0v) is 19.7. The van der Waals surface area contributed by atoms with Gasteiger partial charge < -0.3 is 15.0 Å². The van der Waals surface area contributed by atoms with Gasteiger partial charge in [-0.1, -0.05) is 18.2 Å². The van der Waals surface area contributed by atoms with Crippen molar-refractivity contribution < 1.29 is 9.53 Å². The highest BCUT2D eigenvalue weighted by Crippen LogP contribution is 2.34. The molecule has 0 radical (unpaired) electrons. The fourth-order valence-corrected chi connectivity index (χ4v) is 5.56. The van der Waals surface area contributed by atoms with Crippen molar-refractivity contribution in [3.63, 3.8) is 0 Å². The molecule has 1 saturated heterocycles. The van der Waals surface area contributed by atoms with Gasteiger partial charge in [0.1, 0.15) is 17.0 Å². The Balaban J connectivity index is 1.38.